The van der Waals surface area contributed by atoms with Crippen LogP contribution in [0.2, 0.25) is 0 Å². The third-order valence-electron chi connectivity index (χ3n) is 2.16. The fourth-order valence-corrected chi connectivity index (χ4v) is 1.70. The minimum Gasteiger partial charge on any atom is -0.480 e. The fourth-order valence-electron chi connectivity index (χ4n) is 1.31. The second-order valence-corrected chi connectivity index (χ2v) is 5.39. The number of urea groups is 1. The second kappa shape index (κ2) is 8.16. The van der Waals surface area contributed by atoms with Gasteiger partial charge in [-0.1, -0.05) is 12.1 Å². The predicted octanol–water partition coefficient (Wildman–Crippen LogP) is 0.650. The van der Waals surface area contributed by atoms with Crippen LogP contribution in [0.1, 0.15) is 0 Å². The molecule has 3 N–H and O–H groups in total. The number of nitrogens with one attached hydrogen (secondary N) is 2. The lowest BCUT2D eigenvalue weighted by Gasteiger charge is -2.11. The molecule has 0 heterocycles. The number of amides is 2. The van der Waals surface area contributed by atoms with Gasteiger partial charge in [0.15, 0.2) is 6.61 Å². The van der Waals surface area contributed by atoms with Crippen molar-refractivity contribution in [3.8, 4) is 5.75 Å². The number of carboxylic acids is 1. The molecule has 0 fully saturated rings. The highest BCUT2D eigenvalue weighted by molar-refractivity contribution is 7.84. The molecule has 20 heavy (non-hydrogen) atoms. The monoisotopic (exact) mass is 300 g/mol. The van der Waals surface area contributed by atoms with E-state index in [0.29, 0.717) is 11.4 Å². The van der Waals surface area contributed by atoms with Crippen molar-refractivity contribution < 1.29 is 23.6 Å². The number of hydrogen-bond acceptors (Lipinski definition) is 4. The van der Waals surface area contributed by atoms with E-state index in [2.05, 4.69) is 10.6 Å². The van der Waals surface area contributed by atoms with Gasteiger partial charge in [-0.2, -0.15) is 0 Å². The molecule has 0 aliphatic carbocycles. The van der Waals surface area contributed by atoms with Crippen LogP contribution in [-0.2, 0) is 15.6 Å². The van der Waals surface area contributed by atoms with Crippen molar-refractivity contribution in [2.24, 2.45) is 0 Å². The molecular formula is C12H16N2O5S. The minimum atomic E-state index is -1.10. The molecule has 0 bridgehead atoms. The number of rotatable bonds is 7. The van der Waals surface area contributed by atoms with Crippen LogP contribution in [0, 0.1) is 0 Å². The average Bonchev–Trinajstić information content (AvgIpc) is 2.37. The van der Waals surface area contributed by atoms with Crippen molar-refractivity contribution in [3.63, 3.8) is 0 Å². The Kier molecular flexibility index (Phi) is 6.51. The number of benzene rings is 1. The van der Waals surface area contributed by atoms with Crippen molar-refractivity contribution in [2.75, 3.05) is 30.5 Å². The van der Waals surface area contributed by atoms with E-state index in [1.807, 2.05) is 0 Å². The molecule has 1 aromatic rings. The maximum Gasteiger partial charge on any atom is 0.341 e. The zero-order valence-corrected chi connectivity index (χ0v) is 11.7. The Morgan fingerprint density at radius 2 is 2.05 bits per heavy atom. The van der Waals surface area contributed by atoms with E-state index in [9.17, 15) is 13.8 Å². The van der Waals surface area contributed by atoms with Gasteiger partial charge in [-0.15, -0.1) is 0 Å². The summed E-state index contributed by atoms with van der Waals surface area (Å²) >= 11 is 0. The molecule has 1 atom stereocenters. The summed E-state index contributed by atoms with van der Waals surface area (Å²) in [6.45, 7) is -0.206. The number of hydrogen-bond donors (Lipinski definition) is 3. The van der Waals surface area contributed by atoms with E-state index in [1.54, 1.807) is 30.5 Å². The molecule has 0 radical (unpaired) electrons. The third kappa shape index (κ3) is 6.19. The number of anilines is 1. The lowest BCUT2D eigenvalue weighted by molar-refractivity contribution is -0.139. The Labute approximate surface area is 118 Å². The highest BCUT2D eigenvalue weighted by Crippen LogP contribution is 2.23. The van der Waals surface area contributed by atoms with Crippen LogP contribution in [-0.4, -0.2) is 46.5 Å². The van der Waals surface area contributed by atoms with Crippen LogP contribution < -0.4 is 15.4 Å². The summed E-state index contributed by atoms with van der Waals surface area (Å²) in [5.41, 5.74) is 0.365. The van der Waals surface area contributed by atoms with Gasteiger partial charge in [0, 0.05) is 29.4 Å². The summed E-state index contributed by atoms with van der Waals surface area (Å²) in [6, 6.07) is 6.03. The summed E-state index contributed by atoms with van der Waals surface area (Å²) in [5.74, 6) is -0.469. The highest BCUT2D eigenvalue weighted by Gasteiger charge is 2.08. The number of carbonyl (C=O) groups excluding carboxylic acids is 1. The second-order valence-electron chi connectivity index (χ2n) is 3.84. The molecule has 0 saturated heterocycles. The third-order valence-corrected chi connectivity index (χ3v) is 2.94. The molecule has 1 aromatic carbocycles. The van der Waals surface area contributed by atoms with E-state index in [1.165, 1.54) is 0 Å². The normalized spacial score (nSPS) is 11.4. The zero-order chi connectivity index (χ0) is 15.0. The molecule has 0 aliphatic heterocycles. The van der Waals surface area contributed by atoms with Crippen LogP contribution in [0.3, 0.4) is 0 Å². The first-order valence-electron chi connectivity index (χ1n) is 5.77. The van der Waals surface area contributed by atoms with Gasteiger partial charge in [-0.05, 0) is 12.1 Å². The van der Waals surface area contributed by atoms with Crippen molar-refractivity contribution >= 4 is 28.5 Å². The molecule has 7 nitrogen and oxygen atoms in total. The summed E-state index contributed by atoms with van der Waals surface area (Å²) in [5, 5.41) is 13.6. The van der Waals surface area contributed by atoms with Gasteiger partial charge < -0.3 is 20.5 Å². The summed E-state index contributed by atoms with van der Waals surface area (Å²) in [7, 11) is -0.974. The van der Waals surface area contributed by atoms with E-state index >= 15 is 0 Å². The summed E-state index contributed by atoms with van der Waals surface area (Å²) in [4.78, 5) is 22.0. The van der Waals surface area contributed by atoms with Gasteiger partial charge in [-0.25, -0.2) is 9.59 Å². The molecule has 0 spiro atoms. The first kappa shape index (κ1) is 16.0. The molecule has 1 unspecified atom stereocenters. The quantitative estimate of drug-likeness (QED) is 0.686. The molecule has 0 aromatic heterocycles. The van der Waals surface area contributed by atoms with Gasteiger partial charge >= 0.3 is 12.0 Å². The Morgan fingerprint density at radius 1 is 1.35 bits per heavy atom. The van der Waals surface area contributed by atoms with Crippen LogP contribution in [0.5, 0.6) is 5.75 Å². The molecule has 0 aliphatic rings. The Hall–Kier alpha value is -2.09. The Bertz CT molecular complexity index is 506. The number of ether oxygens (including phenoxy) is 1. The Balaban J connectivity index is 2.55. The van der Waals surface area contributed by atoms with E-state index < -0.39 is 29.4 Å². The van der Waals surface area contributed by atoms with E-state index in [0.717, 1.165) is 0 Å². The van der Waals surface area contributed by atoms with E-state index in [-0.39, 0.29) is 12.3 Å². The zero-order valence-electron chi connectivity index (χ0n) is 10.9. The molecule has 1 rings (SSSR count). The number of aliphatic carboxylic acids is 1. The SMILES string of the molecule is CS(=O)CCNC(=O)Nc1ccccc1OCC(=O)O. The first-order valence-corrected chi connectivity index (χ1v) is 7.50. The highest BCUT2D eigenvalue weighted by atomic mass is 32.2. The molecule has 0 saturated carbocycles. The van der Waals surface area contributed by atoms with Crippen molar-refractivity contribution in [1.82, 2.24) is 5.32 Å². The first-order chi connectivity index (χ1) is 9.49. The van der Waals surface area contributed by atoms with Gasteiger partial charge in [0.25, 0.3) is 0 Å². The van der Waals surface area contributed by atoms with Gasteiger partial charge in [0.1, 0.15) is 5.75 Å². The summed E-state index contributed by atoms with van der Waals surface area (Å²) < 4.78 is 15.9. The Morgan fingerprint density at radius 3 is 2.70 bits per heavy atom. The smallest absolute Gasteiger partial charge is 0.341 e. The maximum atomic E-state index is 11.6. The van der Waals surface area contributed by atoms with Gasteiger partial charge in [-0.3, -0.25) is 4.21 Å². The molecule has 8 heteroatoms. The number of carbonyl (C=O) groups is 2. The van der Waals surface area contributed by atoms with Crippen molar-refractivity contribution in [3.05, 3.63) is 24.3 Å². The predicted molar refractivity (Wildman–Crippen MR) is 75.5 cm³/mol. The largest absolute Gasteiger partial charge is 0.480 e. The van der Waals surface area contributed by atoms with Crippen molar-refractivity contribution in [2.45, 2.75) is 0 Å². The molecule has 110 valence electrons. The molecular weight excluding hydrogens is 284 g/mol. The van der Waals surface area contributed by atoms with Crippen LogP contribution in [0.15, 0.2) is 24.3 Å². The standard InChI is InChI=1S/C12H16N2O5S/c1-20(18)7-6-13-12(17)14-9-4-2-3-5-10(9)19-8-11(15)16/h2-5H,6-8H2,1H3,(H,15,16)(H2,13,14,17). The molecule has 2 amide bonds. The average molecular weight is 300 g/mol. The number of para-hydroxylation sites is 2. The lowest BCUT2D eigenvalue weighted by atomic mass is 10.3. The van der Waals surface area contributed by atoms with E-state index in [4.69, 9.17) is 9.84 Å². The van der Waals surface area contributed by atoms with Crippen molar-refractivity contribution in [1.29, 1.82) is 0 Å². The van der Waals surface area contributed by atoms with Gasteiger partial charge in [0.05, 0.1) is 5.69 Å². The van der Waals surface area contributed by atoms with Crippen LogP contribution in [0.25, 0.3) is 0 Å². The minimum absolute atomic E-state index is 0.268. The maximum absolute atomic E-state index is 11.6. The lowest BCUT2D eigenvalue weighted by Crippen LogP contribution is -2.32. The van der Waals surface area contributed by atoms with Crippen LogP contribution in [0.4, 0.5) is 10.5 Å². The van der Waals surface area contributed by atoms with Crippen LogP contribution >= 0.6 is 0 Å². The topological polar surface area (TPSA) is 105 Å². The number of carboxylic acid groups (broad SMARTS) is 1. The van der Waals surface area contributed by atoms with Gasteiger partial charge in [0.2, 0.25) is 0 Å². The fraction of sp³-hybridized carbons (Fsp3) is 0.333. The summed E-state index contributed by atoms with van der Waals surface area (Å²) in [6.07, 6.45) is 1.55.